The van der Waals surface area contributed by atoms with Crippen LogP contribution in [0.3, 0.4) is 0 Å². The van der Waals surface area contributed by atoms with Gasteiger partial charge >= 0.3 is 0 Å². The summed E-state index contributed by atoms with van der Waals surface area (Å²) in [5.74, 6) is 0. The Morgan fingerprint density at radius 2 is 2.00 bits per heavy atom. The molecule has 0 aliphatic carbocycles. The van der Waals surface area contributed by atoms with E-state index in [1.54, 1.807) is 6.21 Å². The summed E-state index contributed by atoms with van der Waals surface area (Å²) in [6, 6.07) is 0. The van der Waals surface area contributed by atoms with Gasteiger partial charge in [-0.2, -0.15) is 0 Å². The quantitative estimate of drug-likeness (QED) is 0.505. The van der Waals surface area contributed by atoms with Crippen LogP contribution in [0.25, 0.3) is 0 Å². The van der Waals surface area contributed by atoms with Crippen molar-refractivity contribution in [3.05, 3.63) is 0 Å². The number of ether oxygens (including phenoxy) is 1. The van der Waals surface area contributed by atoms with Gasteiger partial charge in [0.15, 0.2) is 0 Å². The van der Waals surface area contributed by atoms with E-state index in [0.717, 1.165) is 0 Å². The summed E-state index contributed by atoms with van der Waals surface area (Å²) >= 11 is -1.14. The zero-order chi connectivity index (χ0) is 10.1. The van der Waals surface area contributed by atoms with Crippen LogP contribution in [0.2, 0.25) is 0 Å². The molecule has 0 saturated carbocycles. The summed E-state index contributed by atoms with van der Waals surface area (Å²) in [5.41, 5.74) is 0.0148. The molecular formula is C9H17NO2S. The van der Waals surface area contributed by atoms with E-state index in [0.29, 0.717) is 13.2 Å². The minimum absolute atomic E-state index is 0.0148. The van der Waals surface area contributed by atoms with Gasteiger partial charge in [-0.25, -0.2) is 0 Å². The molecule has 0 unspecified atom stereocenters. The molecule has 1 aliphatic heterocycles. The van der Waals surface area contributed by atoms with Crippen LogP contribution in [-0.4, -0.2) is 28.7 Å². The highest BCUT2D eigenvalue weighted by molar-refractivity contribution is 7.91. The highest BCUT2D eigenvalue weighted by Gasteiger charge is 2.34. The fourth-order valence-corrected chi connectivity index (χ4v) is 1.50. The van der Waals surface area contributed by atoms with Gasteiger partial charge < -0.3 is 9.29 Å². The monoisotopic (exact) mass is 203 g/mol. The van der Waals surface area contributed by atoms with Crippen molar-refractivity contribution in [1.29, 1.82) is 0 Å². The maximum atomic E-state index is 11.5. The molecule has 4 heteroatoms. The second kappa shape index (κ2) is 3.59. The Bertz CT molecular complexity index is 206. The Balaban J connectivity index is 2.48. The minimum Gasteiger partial charge on any atom is -0.591 e. The molecule has 1 rings (SSSR count). The lowest BCUT2D eigenvalue weighted by Crippen LogP contribution is -2.41. The van der Waals surface area contributed by atoms with Crippen LogP contribution in [0, 0.1) is 5.41 Å². The predicted octanol–water partition coefficient (Wildman–Crippen LogP) is 1.56. The van der Waals surface area contributed by atoms with Gasteiger partial charge in [0.05, 0.1) is 24.8 Å². The summed E-state index contributed by atoms with van der Waals surface area (Å²) < 4.78 is 20.4. The Labute approximate surface area is 82.9 Å². The van der Waals surface area contributed by atoms with Crippen molar-refractivity contribution in [2.24, 2.45) is 9.81 Å². The van der Waals surface area contributed by atoms with Gasteiger partial charge in [-0.3, -0.25) is 0 Å². The second-order valence-corrected chi connectivity index (χ2v) is 6.68. The molecule has 1 heterocycles. The highest BCUT2D eigenvalue weighted by atomic mass is 32.2. The predicted molar refractivity (Wildman–Crippen MR) is 55.3 cm³/mol. The van der Waals surface area contributed by atoms with Gasteiger partial charge in [0.25, 0.3) is 0 Å². The maximum absolute atomic E-state index is 11.5. The molecule has 13 heavy (non-hydrogen) atoms. The molecule has 0 radical (unpaired) electrons. The van der Waals surface area contributed by atoms with Crippen molar-refractivity contribution >= 4 is 17.6 Å². The third-order valence-electron chi connectivity index (χ3n) is 1.85. The van der Waals surface area contributed by atoms with Crippen molar-refractivity contribution in [2.45, 2.75) is 32.4 Å². The first-order chi connectivity index (χ1) is 5.83. The van der Waals surface area contributed by atoms with Gasteiger partial charge in [-0.1, -0.05) is 4.40 Å². The first kappa shape index (κ1) is 11.0. The van der Waals surface area contributed by atoms with Gasteiger partial charge in [0.1, 0.15) is 16.1 Å². The second-order valence-electron chi connectivity index (χ2n) is 4.74. The fourth-order valence-electron chi connectivity index (χ4n) is 0.832. The summed E-state index contributed by atoms with van der Waals surface area (Å²) in [7, 11) is 0. The fraction of sp³-hybridized carbons (Fsp3) is 0.889. The molecule has 0 amide bonds. The molecule has 1 aliphatic rings. The molecule has 3 nitrogen and oxygen atoms in total. The maximum Gasteiger partial charge on any atom is 0.144 e. The normalized spacial score (nSPS) is 24.4. The van der Waals surface area contributed by atoms with Crippen molar-refractivity contribution in [2.75, 3.05) is 13.2 Å². The Morgan fingerprint density at radius 1 is 1.46 bits per heavy atom. The van der Waals surface area contributed by atoms with Crippen LogP contribution in [-0.2, 0) is 16.1 Å². The standard InChI is InChI=1S/C9H17NO2S/c1-8(2,3)13(11)10-5-9(4)6-12-7-9/h5H,6-7H2,1-4H3/b10-5+/t13-/m1/s1. The van der Waals surface area contributed by atoms with E-state index < -0.39 is 11.4 Å². The molecule has 0 aromatic carbocycles. The molecule has 0 aromatic heterocycles. The molecule has 1 saturated heterocycles. The lowest BCUT2D eigenvalue weighted by molar-refractivity contribution is -0.0553. The lowest BCUT2D eigenvalue weighted by atomic mass is 9.91. The van der Waals surface area contributed by atoms with E-state index in [-0.39, 0.29) is 10.2 Å². The molecule has 0 bridgehead atoms. The number of hydrogen-bond acceptors (Lipinski definition) is 3. The zero-order valence-electron chi connectivity index (χ0n) is 8.66. The SMILES string of the molecule is CC1(/C=N/[S@+]([O-])C(C)(C)C)COC1. The molecule has 0 N–H and O–H groups in total. The lowest BCUT2D eigenvalue weighted by Gasteiger charge is -2.33. The van der Waals surface area contributed by atoms with Crippen LogP contribution >= 0.6 is 0 Å². The van der Waals surface area contributed by atoms with E-state index in [1.807, 2.05) is 20.8 Å². The largest absolute Gasteiger partial charge is 0.591 e. The summed E-state index contributed by atoms with van der Waals surface area (Å²) in [4.78, 5) is 0. The molecule has 0 aromatic rings. The number of nitrogens with zero attached hydrogens (tertiary/aromatic N) is 1. The van der Waals surface area contributed by atoms with E-state index >= 15 is 0 Å². The third kappa shape index (κ3) is 2.97. The zero-order valence-corrected chi connectivity index (χ0v) is 9.48. The molecule has 0 spiro atoms. The van der Waals surface area contributed by atoms with E-state index in [9.17, 15) is 4.55 Å². The minimum atomic E-state index is -1.14. The average Bonchev–Trinajstić information content (AvgIpc) is 1.94. The van der Waals surface area contributed by atoms with Crippen LogP contribution in [0.4, 0.5) is 0 Å². The smallest absolute Gasteiger partial charge is 0.144 e. The summed E-state index contributed by atoms with van der Waals surface area (Å²) in [5, 5.41) is 0. The van der Waals surface area contributed by atoms with Gasteiger partial charge in [0, 0.05) is 0 Å². The molecule has 76 valence electrons. The van der Waals surface area contributed by atoms with E-state index in [2.05, 4.69) is 11.3 Å². The first-order valence-corrected chi connectivity index (χ1v) is 5.49. The number of hydrogen-bond donors (Lipinski definition) is 0. The van der Waals surface area contributed by atoms with Crippen LogP contribution in [0.15, 0.2) is 4.40 Å². The van der Waals surface area contributed by atoms with Crippen molar-refractivity contribution in [1.82, 2.24) is 0 Å². The average molecular weight is 203 g/mol. The number of rotatable bonds is 2. The van der Waals surface area contributed by atoms with Gasteiger partial charge in [-0.15, -0.1) is 0 Å². The first-order valence-electron chi connectivity index (χ1n) is 4.38. The summed E-state index contributed by atoms with van der Waals surface area (Å²) in [6.45, 7) is 9.19. The highest BCUT2D eigenvalue weighted by Crippen LogP contribution is 2.25. The van der Waals surface area contributed by atoms with Crippen LogP contribution in [0.5, 0.6) is 0 Å². The Kier molecular flexibility index (Phi) is 3.05. The van der Waals surface area contributed by atoms with Gasteiger partial charge in [-0.05, 0) is 27.7 Å². The molecule has 1 atom stereocenters. The third-order valence-corrected chi connectivity index (χ3v) is 3.19. The Hall–Kier alpha value is -0.0600. The van der Waals surface area contributed by atoms with E-state index in [4.69, 9.17) is 4.74 Å². The van der Waals surface area contributed by atoms with Crippen molar-refractivity contribution in [3.8, 4) is 0 Å². The Morgan fingerprint density at radius 3 is 2.31 bits per heavy atom. The van der Waals surface area contributed by atoms with Crippen molar-refractivity contribution < 1.29 is 9.29 Å². The molecular weight excluding hydrogens is 186 g/mol. The summed E-state index contributed by atoms with van der Waals surface area (Å²) in [6.07, 6.45) is 1.78. The molecule has 1 fully saturated rings. The van der Waals surface area contributed by atoms with Crippen molar-refractivity contribution in [3.63, 3.8) is 0 Å². The topological polar surface area (TPSA) is 44.7 Å². The van der Waals surface area contributed by atoms with Crippen LogP contribution < -0.4 is 0 Å². The van der Waals surface area contributed by atoms with Gasteiger partial charge in [0.2, 0.25) is 0 Å². The van der Waals surface area contributed by atoms with Crippen LogP contribution in [0.1, 0.15) is 27.7 Å². The van der Waals surface area contributed by atoms with E-state index in [1.165, 1.54) is 0 Å².